The van der Waals surface area contributed by atoms with Crippen molar-refractivity contribution < 1.29 is 4.74 Å². The Morgan fingerprint density at radius 2 is 1.97 bits per heavy atom. The van der Waals surface area contributed by atoms with Gasteiger partial charge in [0.05, 0.1) is 7.11 Å². The van der Waals surface area contributed by atoms with E-state index < -0.39 is 0 Å². The third-order valence-electron chi connectivity index (χ3n) is 7.09. The number of nitrogens with zero attached hydrogens (tertiary/aromatic N) is 2. The summed E-state index contributed by atoms with van der Waals surface area (Å²) < 4.78 is 5.53. The van der Waals surface area contributed by atoms with E-state index in [0.717, 1.165) is 24.9 Å². The molecule has 1 saturated carbocycles. The lowest BCUT2D eigenvalue weighted by Gasteiger charge is -2.34. The van der Waals surface area contributed by atoms with Gasteiger partial charge in [-0.15, -0.1) is 11.3 Å². The first kappa shape index (κ1) is 20.9. The fraction of sp³-hybridized carbons (Fsp3) is 0.600. The molecule has 0 unspecified atom stereocenters. The van der Waals surface area contributed by atoms with Crippen molar-refractivity contribution in [2.75, 3.05) is 33.8 Å². The Bertz CT molecular complexity index is 783. The number of benzene rings is 1. The number of thiophene rings is 1. The fourth-order valence-corrected chi connectivity index (χ4v) is 6.28. The summed E-state index contributed by atoms with van der Waals surface area (Å²) in [5.74, 6) is 2.24. The van der Waals surface area contributed by atoms with E-state index in [1.807, 2.05) is 11.3 Å². The maximum absolute atomic E-state index is 5.53. The molecule has 2 aliphatic rings. The van der Waals surface area contributed by atoms with Gasteiger partial charge < -0.3 is 9.64 Å². The average molecular weight is 413 g/mol. The first-order valence-corrected chi connectivity index (χ1v) is 12.1. The van der Waals surface area contributed by atoms with Crippen LogP contribution in [0.3, 0.4) is 0 Å². The standard InChI is InChI=1S/C25H36N2OS/c1-19-12-13-29-25(19)18-27-16-21(15-26(2)22-9-5-4-6-10-22)24(17-27)20-8-7-11-23(14-20)28-3/h7-8,11-14,21-22,24H,4-6,9-10,15-18H2,1-3H3/t21-,24-/m1/s1. The lowest BCUT2D eigenvalue weighted by molar-refractivity contribution is 0.162. The van der Waals surface area contributed by atoms with E-state index >= 15 is 0 Å². The minimum Gasteiger partial charge on any atom is -0.497 e. The van der Waals surface area contributed by atoms with Gasteiger partial charge in [0.25, 0.3) is 0 Å². The van der Waals surface area contributed by atoms with Crippen LogP contribution < -0.4 is 4.74 Å². The Morgan fingerprint density at radius 1 is 1.14 bits per heavy atom. The van der Waals surface area contributed by atoms with Crippen molar-refractivity contribution in [2.45, 2.75) is 57.5 Å². The normalized spacial score (nSPS) is 23.7. The van der Waals surface area contributed by atoms with Crippen LogP contribution in [0.4, 0.5) is 0 Å². The van der Waals surface area contributed by atoms with E-state index in [1.54, 1.807) is 7.11 Å². The van der Waals surface area contributed by atoms with E-state index in [4.69, 9.17) is 4.74 Å². The van der Waals surface area contributed by atoms with Crippen LogP contribution in [0.25, 0.3) is 0 Å². The van der Waals surface area contributed by atoms with Crippen LogP contribution >= 0.6 is 11.3 Å². The highest BCUT2D eigenvalue weighted by atomic mass is 32.1. The second kappa shape index (κ2) is 9.63. The van der Waals surface area contributed by atoms with Crippen LogP contribution in [0, 0.1) is 12.8 Å². The topological polar surface area (TPSA) is 15.7 Å². The molecule has 2 aromatic rings. The van der Waals surface area contributed by atoms with Crippen LogP contribution in [0.5, 0.6) is 5.75 Å². The van der Waals surface area contributed by atoms with Gasteiger partial charge in [-0.05, 0) is 67.4 Å². The van der Waals surface area contributed by atoms with Gasteiger partial charge >= 0.3 is 0 Å². The smallest absolute Gasteiger partial charge is 0.119 e. The SMILES string of the molecule is COc1cccc([C@H]2CN(Cc3sccc3C)C[C@H]2CN(C)C2CCCCC2)c1. The number of likely N-dealkylation sites (tertiary alicyclic amines) is 1. The Morgan fingerprint density at radius 3 is 2.69 bits per heavy atom. The maximum Gasteiger partial charge on any atom is 0.119 e. The number of methoxy groups -OCH3 is 1. The number of rotatable bonds is 7. The highest BCUT2D eigenvalue weighted by Crippen LogP contribution is 2.37. The molecule has 29 heavy (non-hydrogen) atoms. The van der Waals surface area contributed by atoms with Crippen LogP contribution in [-0.2, 0) is 6.54 Å². The fourth-order valence-electron chi connectivity index (χ4n) is 5.33. The molecule has 0 amide bonds. The molecule has 1 saturated heterocycles. The average Bonchev–Trinajstić information content (AvgIpc) is 3.34. The van der Waals surface area contributed by atoms with Gasteiger partial charge in [0.2, 0.25) is 0 Å². The third-order valence-corrected chi connectivity index (χ3v) is 8.10. The molecule has 1 aliphatic heterocycles. The predicted octanol–water partition coefficient (Wildman–Crippen LogP) is 5.55. The molecule has 0 spiro atoms. The lowest BCUT2D eigenvalue weighted by Crippen LogP contribution is -2.38. The molecule has 2 heterocycles. The van der Waals surface area contributed by atoms with E-state index in [1.165, 1.54) is 61.2 Å². The summed E-state index contributed by atoms with van der Waals surface area (Å²) in [6.45, 7) is 6.87. The first-order chi connectivity index (χ1) is 14.1. The molecule has 158 valence electrons. The minimum absolute atomic E-state index is 0.580. The van der Waals surface area contributed by atoms with Crippen molar-refractivity contribution in [3.05, 3.63) is 51.7 Å². The molecule has 1 aromatic carbocycles. The van der Waals surface area contributed by atoms with Crippen LogP contribution in [0.1, 0.15) is 54.0 Å². The molecule has 1 aliphatic carbocycles. The Kier molecular flexibility index (Phi) is 6.94. The van der Waals surface area contributed by atoms with Crippen molar-refractivity contribution in [2.24, 2.45) is 5.92 Å². The maximum atomic E-state index is 5.53. The van der Waals surface area contributed by atoms with E-state index in [9.17, 15) is 0 Å². The summed E-state index contributed by atoms with van der Waals surface area (Å²) in [6.07, 6.45) is 7.00. The summed E-state index contributed by atoms with van der Waals surface area (Å²) in [6, 6.07) is 11.8. The molecule has 3 nitrogen and oxygen atoms in total. The molecule has 4 rings (SSSR count). The first-order valence-electron chi connectivity index (χ1n) is 11.2. The van der Waals surface area contributed by atoms with Gasteiger partial charge in [0.15, 0.2) is 0 Å². The molecule has 4 heteroatoms. The Labute approximate surface area is 180 Å². The third kappa shape index (κ3) is 5.04. The van der Waals surface area contributed by atoms with Crippen molar-refractivity contribution >= 4 is 11.3 Å². The summed E-state index contributed by atoms with van der Waals surface area (Å²) >= 11 is 1.91. The van der Waals surface area contributed by atoms with Crippen molar-refractivity contribution in [3.63, 3.8) is 0 Å². The second-order valence-electron chi connectivity index (χ2n) is 9.10. The monoisotopic (exact) mass is 412 g/mol. The van der Waals surface area contributed by atoms with Gasteiger partial charge in [-0.1, -0.05) is 31.4 Å². The van der Waals surface area contributed by atoms with Crippen LogP contribution in [-0.4, -0.2) is 49.6 Å². The molecule has 2 fully saturated rings. The lowest BCUT2D eigenvalue weighted by atomic mass is 9.87. The summed E-state index contributed by atoms with van der Waals surface area (Å²) in [4.78, 5) is 6.88. The van der Waals surface area contributed by atoms with Crippen molar-refractivity contribution in [1.82, 2.24) is 9.80 Å². The minimum atomic E-state index is 0.580. The zero-order chi connectivity index (χ0) is 20.2. The second-order valence-corrected chi connectivity index (χ2v) is 10.1. The van der Waals surface area contributed by atoms with Crippen molar-refractivity contribution in [1.29, 1.82) is 0 Å². The zero-order valence-corrected chi connectivity index (χ0v) is 19.1. The highest BCUT2D eigenvalue weighted by molar-refractivity contribution is 7.10. The van der Waals surface area contributed by atoms with Gasteiger partial charge in [0.1, 0.15) is 5.75 Å². The van der Waals surface area contributed by atoms with E-state index in [2.05, 4.69) is 59.5 Å². The number of hydrogen-bond donors (Lipinski definition) is 0. The zero-order valence-electron chi connectivity index (χ0n) is 18.3. The summed E-state index contributed by atoms with van der Waals surface area (Å²) in [5, 5.41) is 2.23. The Balaban J connectivity index is 1.50. The molecule has 2 atom stereocenters. The van der Waals surface area contributed by atoms with E-state index in [-0.39, 0.29) is 0 Å². The summed E-state index contributed by atoms with van der Waals surface area (Å²) in [7, 11) is 4.14. The van der Waals surface area contributed by atoms with Gasteiger partial charge in [-0.3, -0.25) is 4.90 Å². The molecule has 1 aromatic heterocycles. The molecule has 0 N–H and O–H groups in total. The van der Waals surface area contributed by atoms with Crippen molar-refractivity contribution in [3.8, 4) is 5.75 Å². The molecule has 0 radical (unpaired) electrons. The van der Waals surface area contributed by atoms with Crippen LogP contribution in [0.15, 0.2) is 35.7 Å². The molecule has 0 bridgehead atoms. The van der Waals surface area contributed by atoms with E-state index in [0.29, 0.717) is 11.8 Å². The van der Waals surface area contributed by atoms with Gasteiger partial charge in [-0.25, -0.2) is 0 Å². The largest absolute Gasteiger partial charge is 0.497 e. The summed E-state index contributed by atoms with van der Waals surface area (Å²) in [5.41, 5.74) is 2.88. The number of ether oxygens (including phenoxy) is 1. The van der Waals surface area contributed by atoms with Gasteiger partial charge in [0, 0.05) is 43.0 Å². The quantitative estimate of drug-likeness (QED) is 0.593. The molecular formula is C25H36N2OS. The highest BCUT2D eigenvalue weighted by Gasteiger charge is 2.35. The molecular weight excluding hydrogens is 376 g/mol. The predicted molar refractivity (Wildman–Crippen MR) is 123 cm³/mol. The Hall–Kier alpha value is -1.36. The number of aryl methyl sites for hydroxylation is 1. The number of hydrogen-bond acceptors (Lipinski definition) is 4. The van der Waals surface area contributed by atoms with Gasteiger partial charge in [-0.2, -0.15) is 0 Å². The van der Waals surface area contributed by atoms with Crippen LogP contribution in [0.2, 0.25) is 0 Å².